The number of nitrogens with zero attached hydrogens (tertiary/aromatic N) is 1. The molecule has 1 aliphatic heterocycles. The smallest absolute Gasteiger partial charge is 0.468 e. The molecule has 0 saturated carbocycles. The molecule has 0 N–H and O–H groups in total. The van der Waals surface area contributed by atoms with Gasteiger partial charge in [-0.25, -0.2) is 9.59 Å². The molecule has 156 valence electrons. The fraction of sp³-hybridized carbons (Fsp3) is 0.429. The van der Waals surface area contributed by atoms with Crippen LogP contribution in [0.3, 0.4) is 0 Å². The van der Waals surface area contributed by atoms with Gasteiger partial charge < -0.3 is 14.2 Å². The molecule has 1 aliphatic rings. The van der Waals surface area contributed by atoms with E-state index >= 15 is 0 Å². The van der Waals surface area contributed by atoms with Crippen molar-refractivity contribution in [2.45, 2.75) is 32.9 Å². The number of hydrogen-bond donors (Lipinski definition) is 0. The van der Waals surface area contributed by atoms with E-state index in [9.17, 15) is 9.59 Å². The number of hydrogen-bond acceptors (Lipinski definition) is 7. The maximum Gasteiger partial charge on any atom is 0.514 e. The first kappa shape index (κ1) is 21.6. The zero-order valence-corrected chi connectivity index (χ0v) is 18.2. The zero-order valence-electron chi connectivity index (χ0n) is 16.6. The van der Waals surface area contributed by atoms with Crippen LogP contribution in [0.25, 0.3) is 0 Å². The highest BCUT2D eigenvalue weighted by Crippen LogP contribution is 2.37. The molecule has 0 saturated heterocycles. The summed E-state index contributed by atoms with van der Waals surface area (Å²) in [5.74, 6) is -0.113. The van der Waals surface area contributed by atoms with Crippen molar-refractivity contribution in [2.75, 3.05) is 20.3 Å². The first-order valence-corrected chi connectivity index (χ1v) is 10.6. The standard InChI is InChI=1S/C21H24ClNO5S/c1-13(2)12-27-21(25)28-18-10-14-11-23(9-8-17(14)29-18)19(20(24)26-3)15-6-4-5-7-16(15)22/h4-7,10,13,19H,8-9,11-12H2,1-3H3/t19-/m0/s1. The number of benzene rings is 1. The number of esters is 1. The van der Waals surface area contributed by atoms with Crippen molar-refractivity contribution in [3.8, 4) is 5.06 Å². The second-order valence-corrected chi connectivity index (χ2v) is 8.74. The largest absolute Gasteiger partial charge is 0.514 e. The van der Waals surface area contributed by atoms with Crippen molar-refractivity contribution < 1.29 is 23.8 Å². The van der Waals surface area contributed by atoms with E-state index in [1.807, 2.05) is 43.0 Å². The highest BCUT2D eigenvalue weighted by Gasteiger charge is 2.33. The lowest BCUT2D eigenvalue weighted by atomic mass is 10.0. The van der Waals surface area contributed by atoms with Gasteiger partial charge in [0.15, 0.2) is 5.06 Å². The summed E-state index contributed by atoms with van der Waals surface area (Å²) in [4.78, 5) is 27.5. The molecule has 0 radical (unpaired) electrons. The molecule has 8 heteroatoms. The summed E-state index contributed by atoms with van der Waals surface area (Å²) >= 11 is 7.78. The number of carbonyl (C=O) groups is 2. The molecule has 3 rings (SSSR count). The summed E-state index contributed by atoms with van der Waals surface area (Å²) < 4.78 is 15.4. The highest BCUT2D eigenvalue weighted by atomic mass is 35.5. The van der Waals surface area contributed by atoms with Crippen LogP contribution in [0.15, 0.2) is 30.3 Å². The second kappa shape index (κ2) is 9.61. The molecule has 0 aliphatic carbocycles. The molecule has 1 aromatic heterocycles. The Kier molecular flexibility index (Phi) is 7.16. The van der Waals surface area contributed by atoms with Crippen LogP contribution in [-0.2, 0) is 27.2 Å². The normalized spacial score (nSPS) is 14.9. The van der Waals surface area contributed by atoms with Crippen molar-refractivity contribution >= 4 is 35.1 Å². The molecule has 0 bridgehead atoms. The van der Waals surface area contributed by atoms with E-state index in [4.69, 9.17) is 25.8 Å². The Hall–Kier alpha value is -2.09. The topological polar surface area (TPSA) is 65.1 Å². The third kappa shape index (κ3) is 5.29. The van der Waals surface area contributed by atoms with Gasteiger partial charge in [-0.1, -0.05) is 43.6 Å². The summed E-state index contributed by atoms with van der Waals surface area (Å²) in [7, 11) is 1.38. The third-order valence-corrected chi connectivity index (χ3v) is 6.04. The predicted molar refractivity (Wildman–Crippen MR) is 111 cm³/mol. The van der Waals surface area contributed by atoms with Crippen molar-refractivity contribution in [3.05, 3.63) is 51.4 Å². The van der Waals surface area contributed by atoms with E-state index < -0.39 is 12.2 Å². The molecule has 6 nitrogen and oxygen atoms in total. The van der Waals surface area contributed by atoms with Gasteiger partial charge >= 0.3 is 12.1 Å². The average Bonchev–Trinajstić information content (AvgIpc) is 3.09. The molecule has 0 unspecified atom stereocenters. The van der Waals surface area contributed by atoms with Crippen LogP contribution in [0.2, 0.25) is 5.02 Å². The molecule has 0 spiro atoms. The van der Waals surface area contributed by atoms with E-state index in [2.05, 4.69) is 0 Å². The van der Waals surface area contributed by atoms with Gasteiger partial charge in [0.2, 0.25) is 0 Å². The molecule has 2 aromatic rings. The number of fused-ring (bicyclic) bond motifs is 1. The maximum atomic E-state index is 12.5. The van der Waals surface area contributed by atoms with Crippen LogP contribution in [0.4, 0.5) is 4.79 Å². The minimum atomic E-state index is -0.697. The fourth-order valence-corrected chi connectivity index (χ4v) is 4.47. The lowest BCUT2D eigenvalue weighted by molar-refractivity contribution is -0.147. The van der Waals surface area contributed by atoms with Crippen LogP contribution in [-0.4, -0.2) is 37.3 Å². The van der Waals surface area contributed by atoms with Gasteiger partial charge in [-0.2, -0.15) is 0 Å². The summed E-state index contributed by atoms with van der Waals surface area (Å²) in [6, 6.07) is 8.53. The molecule has 0 fully saturated rings. The molecule has 2 heterocycles. The summed E-state index contributed by atoms with van der Waals surface area (Å²) in [5.41, 5.74) is 1.74. The van der Waals surface area contributed by atoms with Gasteiger partial charge in [-0.3, -0.25) is 4.90 Å². The van der Waals surface area contributed by atoms with E-state index in [0.717, 1.165) is 16.9 Å². The van der Waals surface area contributed by atoms with Gasteiger partial charge in [0, 0.05) is 23.0 Å². The van der Waals surface area contributed by atoms with Gasteiger partial charge in [0.25, 0.3) is 0 Å². The van der Waals surface area contributed by atoms with E-state index in [0.29, 0.717) is 35.3 Å². The van der Waals surface area contributed by atoms with Gasteiger partial charge in [-0.15, -0.1) is 11.3 Å². The molecular weight excluding hydrogens is 414 g/mol. The van der Waals surface area contributed by atoms with Crippen molar-refractivity contribution in [1.82, 2.24) is 4.90 Å². The monoisotopic (exact) mass is 437 g/mol. The van der Waals surface area contributed by atoms with E-state index in [1.54, 1.807) is 6.07 Å². The number of halogens is 1. The number of ether oxygens (including phenoxy) is 3. The Morgan fingerprint density at radius 1 is 1.28 bits per heavy atom. The zero-order chi connectivity index (χ0) is 21.0. The van der Waals surface area contributed by atoms with Gasteiger partial charge in [0.05, 0.1) is 13.7 Å². The quantitative estimate of drug-likeness (QED) is 0.602. The Labute approximate surface area is 179 Å². The molecule has 0 amide bonds. The first-order chi connectivity index (χ1) is 13.9. The highest BCUT2D eigenvalue weighted by molar-refractivity contribution is 7.14. The lowest BCUT2D eigenvalue weighted by Gasteiger charge is -2.33. The van der Waals surface area contributed by atoms with Crippen LogP contribution in [0.1, 0.15) is 35.9 Å². The summed E-state index contributed by atoms with van der Waals surface area (Å²) in [5, 5.41) is 1.02. The number of methoxy groups -OCH3 is 1. The minimum Gasteiger partial charge on any atom is -0.468 e. The summed E-state index contributed by atoms with van der Waals surface area (Å²) in [6.07, 6.45) is 0.0418. The van der Waals surface area contributed by atoms with Crippen molar-refractivity contribution in [1.29, 1.82) is 0 Å². The van der Waals surface area contributed by atoms with Crippen LogP contribution < -0.4 is 4.74 Å². The Balaban J connectivity index is 1.75. The first-order valence-electron chi connectivity index (χ1n) is 9.41. The molecule has 1 atom stereocenters. The predicted octanol–water partition coefficient (Wildman–Crippen LogP) is 4.85. The van der Waals surface area contributed by atoms with E-state index in [-0.39, 0.29) is 11.9 Å². The van der Waals surface area contributed by atoms with Gasteiger partial charge in [-0.05, 0) is 35.6 Å². The van der Waals surface area contributed by atoms with Gasteiger partial charge in [0.1, 0.15) is 6.04 Å². The minimum absolute atomic E-state index is 0.243. The SMILES string of the molecule is COC(=O)[C@H](c1ccccc1Cl)N1CCc2sc(OC(=O)OCC(C)C)cc2C1. The maximum absolute atomic E-state index is 12.5. The van der Waals surface area contributed by atoms with Crippen molar-refractivity contribution in [2.24, 2.45) is 5.92 Å². The number of carbonyl (C=O) groups excluding carboxylic acids is 2. The summed E-state index contributed by atoms with van der Waals surface area (Å²) in [6.45, 7) is 5.43. The lowest BCUT2D eigenvalue weighted by Crippen LogP contribution is -2.38. The third-order valence-electron chi connectivity index (χ3n) is 4.58. The Morgan fingerprint density at radius 3 is 2.72 bits per heavy atom. The second-order valence-electron chi connectivity index (χ2n) is 7.24. The number of rotatable bonds is 6. The van der Waals surface area contributed by atoms with Crippen molar-refractivity contribution in [3.63, 3.8) is 0 Å². The number of thiophene rings is 1. The molecular formula is C21H24ClNO5S. The van der Waals surface area contributed by atoms with Crippen LogP contribution in [0, 0.1) is 5.92 Å². The molecule has 1 aromatic carbocycles. The van der Waals surface area contributed by atoms with Crippen LogP contribution >= 0.6 is 22.9 Å². The van der Waals surface area contributed by atoms with Crippen LogP contribution in [0.5, 0.6) is 5.06 Å². The van der Waals surface area contributed by atoms with E-state index in [1.165, 1.54) is 18.4 Å². The Morgan fingerprint density at radius 2 is 2.03 bits per heavy atom. The fourth-order valence-electron chi connectivity index (χ4n) is 3.23. The molecule has 29 heavy (non-hydrogen) atoms. The average molecular weight is 438 g/mol. The Bertz CT molecular complexity index is 882.